The van der Waals surface area contributed by atoms with Crippen molar-refractivity contribution in [1.82, 2.24) is 4.90 Å². The SMILES string of the molecule is CN(Cc1ccc(F)cc1Br)CC(C)(CO)CO. The molecular weight excluding hydrogens is 301 g/mol. The lowest BCUT2D eigenvalue weighted by molar-refractivity contribution is 0.0401. The highest BCUT2D eigenvalue weighted by Crippen LogP contribution is 2.21. The minimum atomic E-state index is -0.527. The molecule has 0 aliphatic heterocycles. The molecule has 5 heteroatoms. The molecule has 3 nitrogen and oxygen atoms in total. The van der Waals surface area contributed by atoms with Crippen LogP contribution in [0.5, 0.6) is 0 Å². The van der Waals surface area contributed by atoms with Crippen LogP contribution in [0.4, 0.5) is 4.39 Å². The molecule has 2 N–H and O–H groups in total. The topological polar surface area (TPSA) is 43.7 Å². The van der Waals surface area contributed by atoms with Crippen LogP contribution in [-0.4, -0.2) is 41.9 Å². The maximum atomic E-state index is 13.0. The van der Waals surface area contributed by atoms with E-state index < -0.39 is 5.41 Å². The van der Waals surface area contributed by atoms with Crippen molar-refractivity contribution in [3.05, 3.63) is 34.1 Å². The Morgan fingerprint density at radius 3 is 2.44 bits per heavy atom. The number of benzene rings is 1. The molecule has 1 aromatic carbocycles. The maximum absolute atomic E-state index is 13.0. The summed E-state index contributed by atoms with van der Waals surface area (Å²) in [7, 11) is 1.90. The van der Waals surface area contributed by atoms with Crippen LogP contribution in [0.25, 0.3) is 0 Å². The zero-order valence-corrected chi connectivity index (χ0v) is 12.2. The predicted octanol–water partition coefficient (Wildman–Crippen LogP) is 2.01. The quantitative estimate of drug-likeness (QED) is 0.843. The third-order valence-corrected chi connectivity index (χ3v) is 3.61. The van der Waals surface area contributed by atoms with Gasteiger partial charge >= 0.3 is 0 Å². The first kappa shape index (κ1) is 15.6. The standard InChI is InChI=1S/C13H19BrFNO2/c1-13(8-17,9-18)7-16(2)6-10-3-4-11(15)5-12(10)14/h3-5,17-18H,6-9H2,1-2H3. The molecule has 0 unspecified atom stereocenters. The van der Waals surface area contributed by atoms with Gasteiger partial charge in [-0.2, -0.15) is 0 Å². The Kier molecular flexibility index (Phi) is 5.72. The molecule has 0 aliphatic carbocycles. The average Bonchev–Trinajstić information content (AvgIpc) is 2.32. The number of nitrogens with zero attached hydrogens (tertiary/aromatic N) is 1. The average molecular weight is 320 g/mol. The highest BCUT2D eigenvalue weighted by Gasteiger charge is 2.24. The molecule has 0 aliphatic rings. The highest BCUT2D eigenvalue weighted by atomic mass is 79.9. The Hall–Kier alpha value is -0.490. The number of rotatable bonds is 6. The zero-order valence-electron chi connectivity index (χ0n) is 10.7. The monoisotopic (exact) mass is 319 g/mol. The number of hydrogen-bond acceptors (Lipinski definition) is 3. The summed E-state index contributed by atoms with van der Waals surface area (Å²) in [6.07, 6.45) is 0. The van der Waals surface area contributed by atoms with E-state index in [2.05, 4.69) is 15.9 Å². The van der Waals surface area contributed by atoms with Crippen molar-refractivity contribution in [1.29, 1.82) is 0 Å². The molecular formula is C13H19BrFNO2. The van der Waals surface area contributed by atoms with Crippen molar-refractivity contribution in [3.63, 3.8) is 0 Å². The lowest BCUT2D eigenvalue weighted by atomic mass is 9.92. The van der Waals surface area contributed by atoms with E-state index in [1.54, 1.807) is 6.07 Å². The van der Waals surface area contributed by atoms with Gasteiger partial charge in [0, 0.05) is 23.0 Å². The molecule has 0 amide bonds. The van der Waals surface area contributed by atoms with Gasteiger partial charge in [-0.05, 0) is 24.7 Å². The molecule has 1 aromatic rings. The van der Waals surface area contributed by atoms with Gasteiger partial charge < -0.3 is 15.1 Å². The van der Waals surface area contributed by atoms with Gasteiger partial charge in [0.15, 0.2) is 0 Å². The molecule has 0 spiro atoms. The first-order valence-electron chi connectivity index (χ1n) is 5.74. The lowest BCUT2D eigenvalue weighted by Gasteiger charge is -2.30. The minimum Gasteiger partial charge on any atom is -0.396 e. The third-order valence-electron chi connectivity index (χ3n) is 2.87. The van der Waals surface area contributed by atoms with Gasteiger partial charge in [-0.25, -0.2) is 4.39 Å². The van der Waals surface area contributed by atoms with Crippen LogP contribution >= 0.6 is 15.9 Å². The second kappa shape index (κ2) is 6.61. The summed E-state index contributed by atoms with van der Waals surface area (Å²) >= 11 is 3.32. The lowest BCUT2D eigenvalue weighted by Crippen LogP contribution is -2.38. The summed E-state index contributed by atoms with van der Waals surface area (Å²) < 4.78 is 13.7. The fourth-order valence-corrected chi connectivity index (χ4v) is 2.27. The molecule has 18 heavy (non-hydrogen) atoms. The minimum absolute atomic E-state index is 0.0710. The Morgan fingerprint density at radius 1 is 1.33 bits per heavy atom. The van der Waals surface area contributed by atoms with Crippen molar-refractivity contribution >= 4 is 15.9 Å². The Morgan fingerprint density at radius 2 is 1.94 bits per heavy atom. The molecule has 102 valence electrons. The normalized spacial score (nSPS) is 12.2. The molecule has 0 radical (unpaired) electrons. The van der Waals surface area contributed by atoms with E-state index in [-0.39, 0.29) is 19.0 Å². The van der Waals surface area contributed by atoms with Crippen LogP contribution in [0.15, 0.2) is 22.7 Å². The van der Waals surface area contributed by atoms with Gasteiger partial charge in [-0.1, -0.05) is 28.9 Å². The van der Waals surface area contributed by atoms with E-state index >= 15 is 0 Å². The number of halogens is 2. The van der Waals surface area contributed by atoms with Crippen LogP contribution in [0.1, 0.15) is 12.5 Å². The number of aliphatic hydroxyl groups excluding tert-OH is 2. The molecule has 0 heterocycles. The van der Waals surface area contributed by atoms with Crippen molar-refractivity contribution in [2.24, 2.45) is 5.41 Å². The van der Waals surface area contributed by atoms with Gasteiger partial charge in [0.25, 0.3) is 0 Å². The van der Waals surface area contributed by atoms with Crippen LogP contribution in [0.2, 0.25) is 0 Å². The molecule has 0 atom stereocenters. The molecule has 0 fully saturated rings. The summed E-state index contributed by atoms with van der Waals surface area (Å²) in [5, 5.41) is 18.5. The zero-order chi connectivity index (χ0) is 13.8. The van der Waals surface area contributed by atoms with Crippen LogP contribution in [0, 0.1) is 11.2 Å². The van der Waals surface area contributed by atoms with Gasteiger partial charge in [0.05, 0.1) is 13.2 Å². The van der Waals surface area contributed by atoms with Gasteiger partial charge in [0.2, 0.25) is 0 Å². The van der Waals surface area contributed by atoms with E-state index in [4.69, 9.17) is 0 Å². The molecule has 1 rings (SSSR count). The smallest absolute Gasteiger partial charge is 0.124 e. The molecule has 0 saturated heterocycles. The Balaban J connectivity index is 2.67. The molecule has 0 bridgehead atoms. The first-order chi connectivity index (χ1) is 8.40. The van der Waals surface area contributed by atoms with E-state index in [9.17, 15) is 14.6 Å². The summed E-state index contributed by atoms with van der Waals surface area (Å²) in [6.45, 7) is 2.86. The number of hydrogen-bond donors (Lipinski definition) is 2. The van der Waals surface area contributed by atoms with Gasteiger partial charge in [-0.3, -0.25) is 0 Å². The maximum Gasteiger partial charge on any atom is 0.124 e. The number of aliphatic hydroxyl groups is 2. The van der Waals surface area contributed by atoms with E-state index in [1.807, 2.05) is 18.9 Å². The van der Waals surface area contributed by atoms with Gasteiger partial charge in [-0.15, -0.1) is 0 Å². The van der Waals surface area contributed by atoms with Crippen LogP contribution < -0.4 is 0 Å². The predicted molar refractivity (Wildman–Crippen MR) is 72.7 cm³/mol. The van der Waals surface area contributed by atoms with Crippen molar-refractivity contribution < 1.29 is 14.6 Å². The summed E-state index contributed by atoms with van der Waals surface area (Å²) in [5.41, 5.74) is 0.443. The fraction of sp³-hybridized carbons (Fsp3) is 0.538. The van der Waals surface area contributed by atoms with Crippen LogP contribution in [-0.2, 0) is 6.54 Å². The second-order valence-electron chi connectivity index (χ2n) is 5.03. The van der Waals surface area contributed by atoms with Gasteiger partial charge in [0.1, 0.15) is 5.82 Å². The third kappa shape index (κ3) is 4.31. The van der Waals surface area contributed by atoms with E-state index in [1.165, 1.54) is 12.1 Å². The Bertz CT molecular complexity index is 397. The summed E-state index contributed by atoms with van der Waals surface area (Å²) in [4.78, 5) is 1.99. The largest absolute Gasteiger partial charge is 0.396 e. The first-order valence-corrected chi connectivity index (χ1v) is 6.54. The van der Waals surface area contributed by atoms with Crippen molar-refractivity contribution in [3.8, 4) is 0 Å². The van der Waals surface area contributed by atoms with E-state index in [0.717, 1.165) is 10.0 Å². The molecule has 0 saturated carbocycles. The Labute approximate surface area is 115 Å². The summed E-state index contributed by atoms with van der Waals surface area (Å²) in [6, 6.07) is 4.58. The van der Waals surface area contributed by atoms with Crippen LogP contribution in [0.3, 0.4) is 0 Å². The summed E-state index contributed by atoms with van der Waals surface area (Å²) in [5.74, 6) is -0.274. The molecule has 0 aromatic heterocycles. The fourth-order valence-electron chi connectivity index (χ4n) is 1.80. The van der Waals surface area contributed by atoms with E-state index in [0.29, 0.717) is 13.1 Å². The second-order valence-corrected chi connectivity index (χ2v) is 5.89. The van der Waals surface area contributed by atoms with Crippen molar-refractivity contribution in [2.75, 3.05) is 26.8 Å². The highest BCUT2D eigenvalue weighted by molar-refractivity contribution is 9.10. The van der Waals surface area contributed by atoms with Crippen molar-refractivity contribution in [2.45, 2.75) is 13.5 Å².